The maximum absolute atomic E-state index is 12.1. The molecular weight excluding hydrogens is 493 g/mol. The molecule has 3 rings (SSSR count). The number of hydrazone groups is 1. The molecule has 10 heteroatoms. The van der Waals surface area contributed by atoms with Crippen molar-refractivity contribution in [2.24, 2.45) is 5.10 Å². The van der Waals surface area contributed by atoms with Gasteiger partial charge in [-0.1, -0.05) is 18.2 Å². The highest BCUT2D eigenvalue weighted by atomic mass is 127. The van der Waals surface area contributed by atoms with Crippen LogP contribution in [0.3, 0.4) is 0 Å². The smallest absolute Gasteiger partial charge is 0.335 e. The van der Waals surface area contributed by atoms with Gasteiger partial charge in [0.05, 0.1) is 11.9 Å². The first kappa shape index (κ1) is 19.8. The topological polar surface area (TPSA) is 112 Å². The molecule has 0 atom stereocenters. The lowest BCUT2D eigenvalue weighted by Gasteiger charge is -2.10. The van der Waals surface area contributed by atoms with E-state index in [9.17, 15) is 14.7 Å². The third-order valence-electron chi connectivity index (χ3n) is 3.60. The van der Waals surface area contributed by atoms with Crippen LogP contribution in [0, 0.1) is 3.57 Å². The summed E-state index contributed by atoms with van der Waals surface area (Å²) in [7, 11) is 0. The van der Waals surface area contributed by atoms with Gasteiger partial charge in [-0.15, -0.1) is 0 Å². The fraction of sp³-hybridized carbons (Fsp3) is 0. The molecule has 142 valence electrons. The second kappa shape index (κ2) is 8.80. The van der Waals surface area contributed by atoms with Gasteiger partial charge in [0.25, 0.3) is 5.56 Å². The molecular formula is C18H14IN5O3S. The number of hydrogen-bond acceptors (Lipinski definition) is 5. The van der Waals surface area contributed by atoms with E-state index in [1.807, 2.05) is 30.3 Å². The number of para-hydroxylation sites is 1. The van der Waals surface area contributed by atoms with Gasteiger partial charge in [-0.3, -0.25) is 15.2 Å². The number of benzene rings is 2. The maximum atomic E-state index is 12.1. The minimum atomic E-state index is -0.767. The average molecular weight is 507 g/mol. The molecule has 0 saturated carbocycles. The van der Waals surface area contributed by atoms with Crippen LogP contribution in [0.4, 0.5) is 5.69 Å². The Hall–Kier alpha value is -2.99. The molecule has 3 aromatic rings. The molecule has 28 heavy (non-hydrogen) atoms. The normalized spacial score (nSPS) is 10.8. The van der Waals surface area contributed by atoms with Crippen LogP contribution in [0.15, 0.2) is 69.3 Å². The molecule has 0 amide bonds. The summed E-state index contributed by atoms with van der Waals surface area (Å²) in [5.41, 5.74) is 2.02. The first-order valence-corrected chi connectivity index (χ1v) is 9.44. The zero-order valence-corrected chi connectivity index (χ0v) is 17.2. The first-order chi connectivity index (χ1) is 13.5. The van der Waals surface area contributed by atoms with E-state index in [1.54, 1.807) is 24.3 Å². The van der Waals surface area contributed by atoms with Gasteiger partial charge in [-0.05, 0) is 71.2 Å². The van der Waals surface area contributed by atoms with Crippen LogP contribution in [0.2, 0.25) is 0 Å². The second-order valence-electron chi connectivity index (χ2n) is 5.50. The van der Waals surface area contributed by atoms with Crippen molar-refractivity contribution < 1.29 is 5.11 Å². The number of nitrogens with one attached hydrogen (secondary N) is 3. The molecule has 0 fully saturated rings. The Balaban J connectivity index is 1.84. The number of aromatic hydroxyl groups is 1. The zero-order chi connectivity index (χ0) is 20.1. The fourth-order valence-electron chi connectivity index (χ4n) is 2.32. The van der Waals surface area contributed by atoms with Gasteiger partial charge in [0, 0.05) is 9.26 Å². The lowest BCUT2D eigenvalue weighted by molar-refractivity contribution is 0.430. The molecule has 0 aliphatic rings. The summed E-state index contributed by atoms with van der Waals surface area (Å²) in [5.74, 6) is -0.526. The Morgan fingerprint density at radius 2 is 1.82 bits per heavy atom. The standard InChI is InChI=1S/C18H14IN5O3S/c19-11-6-8-13(9-7-11)24-16(26)14(15(25)22-18(24)27)10-20-23-17(28)21-12-4-2-1-3-5-12/h1-10,26H,(H2,21,23,28)(H,22,25,27). The molecule has 4 N–H and O–H groups in total. The molecule has 0 saturated heterocycles. The highest BCUT2D eigenvalue weighted by Gasteiger charge is 2.14. The number of aromatic nitrogens is 2. The molecule has 0 spiro atoms. The van der Waals surface area contributed by atoms with Crippen LogP contribution in [0.1, 0.15) is 5.56 Å². The highest BCUT2D eigenvalue weighted by Crippen LogP contribution is 2.16. The first-order valence-electron chi connectivity index (χ1n) is 7.95. The Morgan fingerprint density at radius 1 is 1.14 bits per heavy atom. The molecule has 1 heterocycles. The lowest BCUT2D eigenvalue weighted by Crippen LogP contribution is -2.31. The van der Waals surface area contributed by atoms with Gasteiger partial charge >= 0.3 is 5.69 Å². The maximum Gasteiger partial charge on any atom is 0.335 e. The van der Waals surface area contributed by atoms with E-state index in [-0.39, 0.29) is 10.7 Å². The number of thiocarbonyl (C=S) groups is 1. The van der Waals surface area contributed by atoms with Crippen molar-refractivity contribution in [2.45, 2.75) is 0 Å². The van der Waals surface area contributed by atoms with Crippen molar-refractivity contribution in [2.75, 3.05) is 5.32 Å². The van der Waals surface area contributed by atoms with Crippen molar-refractivity contribution in [3.05, 3.63) is 84.6 Å². The SMILES string of the molecule is O=c1[nH]c(=O)n(-c2ccc(I)cc2)c(O)c1C=NNC(=S)Nc1ccccc1. The largest absolute Gasteiger partial charge is 0.493 e. The van der Waals surface area contributed by atoms with Crippen molar-refractivity contribution in [3.8, 4) is 11.6 Å². The van der Waals surface area contributed by atoms with Crippen LogP contribution >= 0.6 is 34.8 Å². The Morgan fingerprint density at radius 3 is 2.50 bits per heavy atom. The molecule has 0 radical (unpaired) electrons. The summed E-state index contributed by atoms with van der Waals surface area (Å²) in [5, 5.41) is 17.4. The van der Waals surface area contributed by atoms with E-state index in [0.717, 1.165) is 20.0 Å². The molecule has 0 aliphatic heterocycles. The van der Waals surface area contributed by atoms with E-state index in [4.69, 9.17) is 12.2 Å². The zero-order valence-electron chi connectivity index (χ0n) is 14.2. The summed E-state index contributed by atoms with van der Waals surface area (Å²) in [6.45, 7) is 0. The van der Waals surface area contributed by atoms with Crippen LogP contribution in [-0.4, -0.2) is 26.0 Å². The number of H-pyrrole nitrogens is 1. The third-order valence-corrected chi connectivity index (χ3v) is 4.51. The quantitative estimate of drug-likeness (QED) is 0.187. The van der Waals surface area contributed by atoms with E-state index < -0.39 is 17.1 Å². The lowest BCUT2D eigenvalue weighted by atomic mass is 10.3. The van der Waals surface area contributed by atoms with Crippen molar-refractivity contribution in [1.29, 1.82) is 0 Å². The van der Waals surface area contributed by atoms with Gasteiger partial charge in [0.2, 0.25) is 5.88 Å². The van der Waals surface area contributed by atoms with Crippen LogP contribution in [-0.2, 0) is 0 Å². The molecule has 8 nitrogen and oxygen atoms in total. The van der Waals surface area contributed by atoms with Crippen LogP contribution in [0.5, 0.6) is 5.88 Å². The summed E-state index contributed by atoms with van der Waals surface area (Å²) in [6.07, 6.45) is 1.09. The summed E-state index contributed by atoms with van der Waals surface area (Å²) >= 11 is 7.23. The fourth-order valence-corrected chi connectivity index (χ4v) is 2.85. The number of rotatable bonds is 4. The van der Waals surface area contributed by atoms with Gasteiger partial charge in [0.15, 0.2) is 5.11 Å². The third kappa shape index (κ3) is 4.64. The predicted octanol–water partition coefficient (Wildman–Crippen LogP) is 2.16. The Labute approximate surface area is 178 Å². The average Bonchev–Trinajstić information content (AvgIpc) is 2.66. The number of anilines is 1. The van der Waals surface area contributed by atoms with Gasteiger partial charge in [-0.25, -0.2) is 9.36 Å². The number of aromatic amines is 1. The number of nitrogens with zero attached hydrogens (tertiary/aromatic N) is 2. The van der Waals surface area contributed by atoms with E-state index in [1.165, 1.54) is 0 Å². The van der Waals surface area contributed by atoms with E-state index >= 15 is 0 Å². The molecule has 0 aliphatic carbocycles. The van der Waals surface area contributed by atoms with Gasteiger partial charge < -0.3 is 10.4 Å². The van der Waals surface area contributed by atoms with Crippen molar-refractivity contribution >= 4 is 51.8 Å². The summed E-state index contributed by atoms with van der Waals surface area (Å²) in [6, 6.07) is 16.1. The minimum Gasteiger partial charge on any atom is -0.493 e. The minimum absolute atomic E-state index is 0.187. The number of halogens is 1. The molecule has 0 bridgehead atoms. The Bertz CT molecular complexity index is 1140. The monoisotopic (exact) mass is 507 g/mol. The predicted molar refractivity (Wildman–Crippen MR) is 120 cm³/mol. The molecule has 0 unspecified atom stereocenters. The van der Waals surface area contributed by atoms with E-state index in [2.05, 4.69) is 43.4 Å². The number of hydrogen-bond donors (Lipinski definition) is 4. The van der Waals surface area contributed by atoms with Crippen LogP contribution < -0.4 is 22.0 Å². The van der Waals surface area contributed by atoms with Crippen molar-refractivity contribution in [1.82, 2.24) is 15.0 Å². The van der Waals surface area contributed by atoms with Gasteiger partial charge in [-0.2, -0.15) is 5.10 Å². The van der Waals surface area contributed by atoms with Gasteiger partial charge in [0.1, 0.15) is 5.56 Å². The molecule has 1 aromatic heterocycles. The highest BCUT2D eigenvalue weighted by molar-refractivity contribution is 14.1. The van der Waals surface area contributed by atoms with Crippen molar-refractivity contribution in [3.63, 3.8) is 0 Å². The summed E-state index contributed by atoms with van der Waals surface area (Å²) < 4.78 is 1.95. The molecule has 2 aromatic carbocycles. The Kier molecular flexibility index (Phi) is 6.21. The van der Waals surface area contributed by atoms with E-state index in [0.29, 0.717) is 5.69 Å². The van der Waals surface area contributed by atoms with Crippen LogP contribution in [0.25, 0.3) is 5.69 Å². The second-order valence-corrected chi connectivity index (χ2v) is 7.15. The summed E-state index contributed by atoms with van der Waals surface area (Å²) in [4.78, 5) is 26.4.